The lowest BCUT2D eigenvalue weighted by atomic mass is 10.3. The second kappa shape index (κ2) is 3.17. The molecule has 1 aromatic heterocycles. The maximum absolute atomic E-state index is 10.4. The number of aryl methyl sites for hydroxylation is 1. The number of carbonyl (C=O) groups is 1. The Morgan fingerprint density at radius 3 is 2.85 bits per heavy atom. The van der Waals surface area contributed by atoms with Crippen LogP contribution in [0.25, 0.3) is 0 Å². The molecule has 0 aliphatic heterocycles. The standard InChI is InChI=1S/C10H11NO2/c1-7-10(13-9-3-4-9)5-2-8(6-12)11-7/h2,5-6,9H,3-4H2,1H3. The van der Waals surface area contributed by atoms with Gasteiger partial charge in [-0.25, -0.2) is 4.98 Å². The van der Waals surface area contributed by atoms with Crippen LogP contribution in [-0.2, 0) is 0 Å². The zero-order valence-corrected chi connectivity index (χ0v) is 7.49. The molecule has 2 rings (SSSR count). The molecule has 0 saturated heterocycles. The Kier molecular flexibility index (Phi) is 2.00. The Morgan fingerprint density at radius 2 is 2.31 bits per heavy atom. The summed E-state index contributed by atoms with van der Waals surface area (Å²) < 4.78 is 5.58. The Balaban J connectivity index is 2.20. The fourth-order valence-corrected chi connectivity index (χ4v) is 1.12. The molecule has 0 atom stereocenters. The van der Waals surface area contributed by atoms with E-state index in [1.54, 1.807) is 6.07 Å². The molecule has 1 aliphatic carbocycles. The molecule has 3 heteroatoms. The largest absolute Gasteiger partial charge is 0.489 e. The molecule has 1 aliphatic rings. The number of aromatic nitrogens is 1. The van der Waals surface area contributed by atoms with Gasteiger partial charge >= 0.3 is 0 Å². The molecule has 0 radical (unpaired) electrons. The van der Waals surface area contributed by atoms with Crippen LogP contribution in [0.1, 0.15) is 29.0 Å². The van der Waals surface area contributed by atoms with Crippen LogP contribution in [0.3, 0.4) is 0 Å². The first-order valence-electron chi connectivity index (χ1n) is 4.39. The van der Waals surface area contributed by atoms with Crippen LogP contribution in [-0.4, -0.2) is 17.4 Å². The molecule has 0 aromatic carbocycles. The van der Waals surface area contributed by atoms with E-state index in [-0.39, 0.29) is 0 Å². The summed E-state index contributed by atoms with van der Waals surface area (Å²) in [5.74, 6) is 0.799. The van der Waals surface area contributed by atoms with E-state index in [9.17, 15) is 4.79 Å². The van der Waals surface area contributed by atoms with Crippen molar-refractivity contribution in [3.05, 3.63) is 23.5 Å². The molecule has 3 nitrogen and oxygen atoms in total. The first kappa shape index (κ1) is 8.23. The van der Waals surface area contributed by atoms with Crippen LogP contribution in [0, 0.1) is 6.92 Å². The van der Waals surface area contributed by atoms with Crippen molar-refractivity contribution in [1.29, 1.82) is 0 Å². The highest BCUT2D eigenvalue weighted by Crippen LogP contribution is 2.27. The third-order valence-corrected chi connectivity index (χ3v) is 2.00. The lowest BCUT2D eigenvalue weighted by Gasteiger charge is -2.06. The molecule has 68 valence electrons. The van der Waals surface area contributed by atoms with Gasteiger partial charge in [-0.1, -0.05) is 0 Å². The zero-order valence-electron chi connectivity index (χ0n) is 7.49. The minimum Gasteiger partial charge on any atom is -0.489 e. The van der Waals surface area contributed by atoms with E-state index in [1.165, 1.54) is 0 Å². The molecule has 0 spiro atoms. The van der Waals surface area contributed by atoms with E-state index in [0.29, 0.717) is 11.8 Å². The van der Waals surface area contributed by atoms with Gasteiger partial charge in [0.15, 0.2) is 6.29 Å². The van der Waals surface area contributed by atoms with Crippen LogP contribution in [0.2, 0.25) is 0 Å². The average molecular weight is 177 g/mol. The fourth-order valence-electron chi connectivity index (χ4n) is 1.12. The lowest BCUT2D eigenvalue weighted by molar-refractivity contribution is 0.111. The number of pyridine rings is 1. The first-order valence-corrected chi connectivity index (χ1v) is 4.39. The second-order valence-electron chi connectivity index (χ2n) is 3.25. The Labute approximate surface area is 76.7 Å². The van der Waals surface area contributed by atoms with E-state index in [4.69, 9.17) is 4.74 Å². The fraction of sp³-hybridized carbons (Fsp3) is 0.400. The van der Waals surface area contributed by atoms with Gasteiger partial charge in [0, 0.05) is 0 Å². The van der Waals surface area contributed by atoms with Crippen molar-refractivity contribution in [3.8, 4) is 5.75 Å². The van der Waals surface area contributed by atoms with Gasteiger partial charge in [0.05, 0.1) is 11.8 Å². The van der Waals surface area contributed by atoms with Crippen molar-refractivity contribution in [2.24, 2.45) is 0 Å². The van der Waals surface area contributed by atoms with E-state index in [0.717, 1.165) is 30.6 Å². The van der Waals surface area contributed by atoms with Crippen molar-refractivity contribution in [2.75, 3.05) is 0 Å². The number of hydrogen-bond acceptors (Lipinski definition) is 3. The maximum Gasteiger partial charge on any atom is 0.168 e. The van der Waals surface area contributed by atoms with Crippen molar-refractivity contribution in [1.82, 2.24) is 4.98 Å². The molecule has 0 bridgehead atoms. The van der Waals surface area contributed by atoms with Gasteiger partial charge in [-0.3, -0.25) is 4.79 Å². The monoisotopic (exact) mass is 177 g/mol. The third-order valence-electron chi connectivity index (χ3n) is 2.00. The van der Waals surface area contributed by atoms with Gasteiger partial charge in [-0.05, 0) is 31.9 Å². The zero-order chi connectivity index (χ0) is 9.26. The van der Waals surface area contributed by atoms with Gasteiger partial charge in [-0.15, -0.1) is 0 Å². The Morgan fingerprint density at radius 1 is 1.54 bits per heavy atom. The molecule has 0 N–H and O–H groups in total. The molecular weight excluding hydrogens is 166 g/mol. The van der Waals surface area contributed by atoms with E-state index in [2.05, 4.69) is 4.98 Å². The SMILES string of the molecule is Cc1nc(C=O)ccc1OC1CC1. The maximum atomic E-state index is 10.4. The quantitative estimate of drug-likeness (QED) is 0.660. The molecule has 13 heavy (non-hydrogen) atoms. The van der Waals surface area contributed by atoms with Crippen LogP contribution in [0.4, 0.5) is 0 Å². The summed E-state index contributed by atoms with van der Waals surface area (Å²) in [6.07, 6.45) is 3.39. The van der Waals surface area contributed by atoms with Gasteiger partial charge in [0.25, 0.3) is 0 Å². The molecular formula is C10H11NO2. The highest BCUT2D eigenvalue weighted by atomic mass is 16.5. The van der Waals surface area contributed by atoms with E-state index < -0.39 is 0 Å². The van der Waals surface area contributed by atoms with Crippen LogP contribution < -0.4 is 4.74 Å². The average Bonchev–Trinajstić information content (AvgIpc) is 2.92. The molecule has 1 heterocycles. The minimum absolute atomic E-state index is 0.377. The van der Waals surface area contributed by atoms with Crippen LogP contribution >= 0.6 is 0 Å². The van der Waals surface area contributed by atoms with Gasteiger partial charge in [0.2, 0.25) is 0 Å². The molecule has 0 amide bonds. The Hall–Kier alpha value is -1.38. The summed E-state index contributed by atoms with van der Waals surface area (Å²) in [5.41, 5.74) is 1.25. The Bertz CT molecular complexity index is 332. The van der Waals surface area contributed by atoms with Crippen molar-refractivity contribution >= 4 is 6.29 Å². The predicted molar refractivity (Wildman–Crippen MR) is 48.0 cm³/mol. The first-order chi connectivity index (χ1) is 6.29. The highest BCUT2D eigenvalue weighted by molar-refractivity contribution is 5.71. The third kappa shape index (κ3) is 1.86. The normalized spacial score (nSPS) is 15.5. The van der Waals surface area contributed by atoms with Crippen LogP contribution in [0.15, 0.2) is 12.1 Å². The molecule has 1 aromatic rings. The van der Waals surface area contributed by atoms with E-state index >= 15 is 0 Å². The number of nitrogens with zero attached hydrogens (tertiary/aromatic N) is 1. The minimum atomic E-state index is 0.377. The molecule has 1 saturated carbocycles. The van der Waals surface area contributed by atoms with Crippen molar-refractivity contribution in [2.45, 2.75) is 25.9 Å². The summed E-state index contributed by atoms with van der Waals surface area (Å²) in [5, 5.41) is 0. The summed E-state index contributed by atoms with van der Waals surface area (Å²) in [7, 11) is 0. The number of rotatable bonds is 3. The molecule has 1 fully saturated rings. The summed E-state index contributed by atoms with van der Waals surface area (Å²) in [6, 6.07) is 3.49. The second-order valence-corrected chi connectivity index (χ2v) is 3.25. The van der Waals surface area contributed by atoms with Gasteiger partial charge in [0.1, 0.15) is 11.4 Å². The summed E-state index contributed by atoms with van der Waals surface area (Å²) in [4.78, 5) is 14.5. The smallest absolute Gasteiger partial charge is 0.168 e. The molecule has 0 unspecified atom stereocenters. The van der Waals surface area contributed by atoms with Gasteiger partial charge in [-0.2, -0.15) is 0 Å². The number of hydrogen-bond donors (Lipinski definition) is 0. The highest BCUT2D eigenvalue weighted by Gasteiger charge is 2.24. The van der Waals surface area contributed by atoms with Crippen molar-refractivity contribution < 1.29 is 9.53 Å². The predicted octanol–water partition coefficient (Wildman–Crippen LogP) is 1.74. The van der Waals surface area contributed by atoms with Gasteiger partial charge < -0.3 is 4.74 Å². The van der Waals surface area contributed by atoms with E-state index in [1.807, 2.05) is 13.0 Å². The van der Waals surface area contributed by atoms with Crippen molar-refractivity contribution in [3.63, 3.8) is 0 Å². The number of ether oxygens (including phenoxy) is 1. The summed E-state index contributed by atoms with van der Waals surface area (Å²) >= 11 is 0. The summed E-state index contributed by atoms with van der Waals surface area (Å²) in [6.45, 7) is 1.85. The topological polar surface area (TPSA) is 39.2 Å². The van der Waals surface area contributed by atoms with Crippen LogP contribution in [0.5, 0.6) is 5.75 Å². The number of aldehydes is 1. The number of carbonyl (C=O) groups excluding carboxylic acids is 1. The lowest BCUT2D eigenvalue weighted by Crippen LogP contribution is -2.00.